The molecule has 90 valence electrons. The second-order valence-corrected chi connectivity index (χ2v) is 6.36. The molecule has 2 rings (SSSR count). The van der Waals surface area contributed by atoms with E-state index in [1.54, 1.807) is 15.3 Å². The summed E-state index contributed by atoms with van der Waals surface area (Å²) < 4.78 is 0. The molecule has 1 fully saturated rings. The van der Waals surface area contributed by atoms with E-state index < -0.39 is 0 Å². The number of hydrogen-bond acceptors (Lipinski definition) is 2. The van der Waals surface area contributed by atoms with Gasteiger partial charge in [0.25, 0.3) is 0 Å². The Morgan fingerprint density at radius 3 is 2.81 bits per heavy atom. The summed E-state index contributed by atoms with van der Waals surface area (Å²) in [6, 6.07) is 2.47. The summed E-state index contributed by atoms with van der Waals surface area (Å²) in [7, 11) is 0. The van der Waals surface area contributed by atoms with E-state index in [2.05, 4.69) is 32.2 Å². The van der Waals surface area contributed by atoms with E-state index in [1.807, 2.05) is 11.3 Å². The van der Waals surface area contributed by atoms with Crippen molar-refractivity contribution in [3.05, 3.63) is 21.4 Å². The zero-order valence-corrected chi connectivity index (χ0v) is 11.5. The van der Waals surface area contributed by atoms with Crippen molar-refractivity contribution < 1.29 is 0 Å². The second-order valence-electron chi connectivity index (χ2n) is 5.14. The topological polar surface area (TPSA) is 12.0 Å². The van der Waals surface area contributed by atoms with Crippen molar-refractivity contribution in [1.82, 2.24) is 5.32 Å². The lowest BCUT2D eigenvalue weighted by Gasteiger charge is -2.23. The minimum absolute atomic E-state index is 0.397. The van der Waals surface area contributed by atoms with Gasteiger partial charge in [-0.3, -0.25) is 0 Å². The molecule has 1 nitrogen and oxygen atoms in total. The minimum Gasteiger partial charge on any atom is -0.316 e. The summed E-state index contributed by atoms with van der Waals surface area (Å²) in [6.45, 7) is 9.31. The third-order valence-electron chi connectivity index (χ3n) is 3.70. The fourth-order valence-corrected chi connectivity index (χ4v) is 3.99. The lowest BCUT2D eigenvalue weighted by Crippen LogP contribution is -2.25. The number of aryl methyl sites for hydroxylation is 2. The average Bonchev–Trinajstić information content (AvgIpc) is 2.86. The summed E-state index contributed by atoms with van der Waals surface area (Å²) in [5.74, 6) is 0. The van der Waals surface area contributed by atoms with Gasteiger partial charge < -0.3 is 5.32 Å². The Balaban J connectivity index is 2.33. The van der Waals surface area contributed by atoms with E-state index in [0.717, 1.165) is 6.54 Å². The summed E-state index contributed by atoms with van der Waals surface area (Å²) in [6.07, 6.45) is 5.00. The Bertz CT molecular complexity index is 348. The van der Waals surface area contributed by atoms with Crippen LogP contribution >= 0.6 is 11.3 Å². The van der Waals surface area contributed by atoms with Gasteiger partial charge in [0, 0.05) is 21.7 Å². The molecule has 1 atom stereocenters. The zero-order chi connectivity index (χ0) is 11.6. The molecule has 1 aromatic rings. The van der Waals surface area contributed by atoms with Gasteiger partial charge in [-0.2, -0.15) is 0 Å². The van der Waals surface area contributed by atoms with Crippen molar-refractivity contribution in [2.24, 2.45) is 0 Å². The van der Waals surface area contributed by atoms with Crippen molar-refractivity contribution in [3.63, 3.8) is 0 Å². The first-order chi connectivity index (χ1) is 7.69. The molecule has 0 aliphatic carbocycles. The van der Waals surface area contributed by atoms with Crippen LogP contribution in [0, 0.1) is 0 Å². The second kappa shape index (κ2) is 4.89. The van der Waals surface area contributed by atoms with Crippen LogP contribution in [0.3, 0.4) is 0 Å². The van der Waals surface area contributed by atoms with E-state index in [4.69, 9.17) is 0 Å². The summed E-state index contributed by atoms with van der Waals surface area (Å²) in [5, 5.41) is 3.51. The highest BCUT2D eigenvalue weighted by Crippen LogP contribution is 2.37. The molecule has 0 bridgehead atoms. The molecule has 1 aliphatic rings. The van der Waals surface area contributed by atoms with Crippen molar-refractivity contribution in [3.8, 4) is 0 Å². The molecule has 1 aliphatic heterocycles. The SMILES string of the molecule is CCCc1sc(CC)cc1C1(C)CCNC1. The number of thiophene rings is 1. The van der Waals surface area contributed by atoms with Gasteiger partial charge in [0.1, 0.15) is 0 Å². The Labute approximate surface area is 103 Å². The Kier molecular flexibility index (Phi) is 3.70. The quantitative estimate of drug-likeness (QED) is 0.845. The van der Waals surface area contributed by atoms with Crippen molar-refractivity contribution in [2.45, 2.75) is 51.9 Å². The van der Waals surface area contributed by atoms with Gasteiger partial charge in [0.15, 0.2) is 0 Å². The van der Waals surface area contributed by atoms with Crippen LogP contribution in [-0.4, -0.2) is 13.1 Å². The number of rotatable bonds is 4. The zero-order valence-electron chi connectivity index (χ0n) is 10.7. The Hall–Kier alpha value is -0.340. The first kappa shape index (κ1) is 12.1. The van der Waals surface area contributed by atoms with Gasteiger partial charge in [0.05, 0.1) is 0 Å². The summed E-state index contributed by atoms with van der Waals surface area (Å²) >= 11 is 2.04. The van der Waals surface area contributed by atoms with Crippen LogP contribution in [0.5, 0.6) is 0 Å². The Morgan fingerprint density at radius 1 is 1.44 bits per heavy atom. The maximum absolute atomic E-state index is 3.51. The minimum atomic E-state index is 0.397. The molecular formula is C14H23NS. The van der Waals surface area contributed by atoms with Crippen LogP contribution in [0.25, 0.3) is 0 Å². The van der Waals surface area contributed by atoms with Crippen molar-refractivity contribution >= 4 is 11.3 Å². The molecule has 2 heterocycles. The van der Waals surface area contributed by atoms with E-state index >= 15 is 0 Å². The molecule has 1 unspecified atom stereocenters. The van der Waals surface area contributed by atoms with Crippen LogP contribution in [-0.2, 0) is 18.3 Å². The molecule has 0 spiro atoms. The maximum Gasteiger partial charge on any atom is 0.00861 e. The highest BCUT2D eigenvalue weighted by Gasteiger charge is 2.33. The third kappa shape index (κ3) is 2.18. The van der Waals surface area contributed by atoms with Gasteiger partial charge in [-0.1, -0.05) is 27.2 Å². The predicted octanol–water partition coefficient (Wildman–Crippen LogP) is 3.51. The average molecular weight is 237 g/mol. The predicted molar refractivity (Wildman–Crippen MR) is 72.5 cm³/mol. The molecule has 1 N–H and O–H groups in total. The largest absolute Gasteiger partial charge is 0.316 e. The van der Waals surface area contributed by atoms with Gasteiger partial charge in [-0.15, -0.1) is 11.3 Å². The smallest absolute Gasteiger partial charge is 0.00861 e. The van der Waals surface area contributed by atoms with Gasteiger partial charge >= 0.3 is 0 Å². The monoisotopic (exact) mass is 237 g/mol. The molecule has 16 heavy (non-hydrogen) atoms. The third-order valence-corrected chi connectivity index (χ3v) is 5.04. The lowest BCUT2D eigenvalue weighted by atomic mass is 9.81. The highest BCUT2D eigenvalue weighted by atomic mass is 32.1. The summed E-state index contributed by atoms with van der Waals surface area (Å²) in [4.78, 5) is 3.21. The molecular weight excluding hydrogens is 214 g/mol. The highest BCUT2D eigenvalue weighted by molar-refractivity contribution is 7.12. The van der Waals surface area contributed by atoms with Crippen LogP contribution in [0.4, 0.5) is 0 Å². The molecule has 0 radical (unpaired) electrons. The van der Waals surface area contributed by atoms with Crippen molar-refractivity contribution in [1.29, 1.82) is 0 Å². The lowest BCUT2D eigenvalue weighted by molar-refractivity contribution is 0.521. The normalized spacial score (nSPS) is 25.2. The van der Waals surface area contributed by atoms with E-state index in [0.29, 0.717) is 5.41 Å². The molecule has 0 aromatic carbocycles. The number of nitrogens with one attached hydrogen (secondary N) is 1. The van der Waals surface area contributed by atoms with Crippen LogP contribution < -0.4 is 5.32 Å². The molecule has 0 saturated carbocycles. The van der Waals surface area contributed by atoms with Gasteiger partial charge in [0.2, 0.25) is 0 Å². The molecule has 2 heteroatoms. The van der Waals surface area contributed by atoms with E-state index in [-0.39, 0.29) is 0 Å². The number of hydrogen-bond donors (Lipinski definition) is 1. The Morgan fingerprint density at radius 2 is 2.25 bits per heavy atom. The van der Waals surface area contributed by atoms with Crippen LogP contribution in [0.1, 0.15) is 48.9 Å². The van der Waals surface area contributed by atoms with E-state index in [1.165, 1.54) is 32.2 Å². The fourth-order valence-electron chi connectivity index (χ4n) is 2.63. The van der Waals surface area contributed by atoms with Gasteiger partial charge in [-0.05, 0) is 37.4 Å². The molecule has 0 amide bonds. The first-order valence-corrected chi connectivity index (χ1v) is 7.34. The molecule has 1 saturated heterocycles. The van der Waals surface area contributed by atoms with Crippen LogP contribution in [0.15, 0.2) is 6.07 Å². The fraction of sp³-hybridized carbons (Fsp3) is 0.714. The van der Waals surface area contributed by atoms with Crippen molar-refractivity contribution in [2.75, 3.05) is 13.1 Å². The first-order valence-electron chi connectivity index (χ1n) is 6.52. The van der Waals surface area contributed by atoms with E-state index in [9.17, 15) is 0 Å². The molecule has 1 aromatic heterocycles. The standard InChI is InChI=1S/C14H23NS/c1-4-6-13-12(9-11(5-2)16-13)14(3)7-8-15-10-14/h9,15H,4-8,10H2,1-3H3. The van der Waals surface area contributed by atoms with Crippen LogP contribution in [0.2, 0.25) is 0 Å². The maximum atomic E-state index is 3.51. The van der Waals surface area contributed by atoms with Gasteiger partial charge in [-0.25, -0.2) is 0 Å². The summed E-state index contributed by atoms with van der Waals surface area (Å²) in [5.41, 5.74) is 2.04.